The topological polar surface area (TPSA) is 85.4 Å². The molecule has 2 saturated heterocycles. The van der Waals surface area contributed by atoms with Crippen LogP contribution in [0.3, 0.4) is 0 Å². The second-order valence-corrected chi connectivity index (χ2v) is 8.84. The zero-order chi connectivity index (χ0) is 19.0. The van der Waals surface area contributed by atoms with Gasteiger partial charge in [0.15, 0.2) is 0 Å². The van der Waals surface area contributed by atoms with Gasteiger partial charge < -0.3 is 19.3 Å². The third kappa shape index (κ3) is 2.18. The summed E-state index contributed by atoms with van der Waals surface area (Å²) in [6, 6.07) is 0. The molecule has 0 aromatic heterocycles. The SMILES string of the molecule is C/C=C(/C)C(=O)O[C@H]1C[C@H]2O[C@@]2(C)[C@@H]2[C@H]3OC(=O)[C@@H](C)C3C[C@@H](O)[C@@]12C. The van der Waals surface area contributed by atoms with E-state index in [1.165, 1.54) is 0 Å². The zero-order valence-corrected chi connectivity index (χ0v) is 16.0. The van der Waals surface area contributed by atoms with Crippen LogP contribution in [0.5, 0.6) is 0 Å². The van der Waals surface area contributed by atoms with Crippen molar-refractivity contribution < 1.29 is 28.9 Å². The summed E-state index contributed by atoms with van der Waals surface area (Å²) in [6.07, 6.45) is 1.26. The molecule has 4 aliphatic rings. The van der Waals surface area contributed by atoms with E-state index in [0.717, 1.165) is 0 Å². The summed E-state index contributed by atoms with van der Waals surface area (Å²) in [4.78, 5) is 24.6. The largest absolute Gasteiger partial charge is 0.461 e. The normalized spacial score (nSPS) is 52.5. The number of aliphatic hydroxyl groups is 1. The van der Waals surface area contributed by atoms with Crippen LogP contribution in [0.25, 0.3) is 0 Å². The molecule has 9 atom stereocenters. The van der Waals surface area contributed by atoms with Gasteiger partial charge in [-0.05, 0) is 27.2 Å². The number of aliphatic hydroxyl groups excluding tert-OH is 1. The molecule has 0 spiro atoms. The Kier molecular flexibility index (Phi) is 3.84. The molecule has 4 fully saturated rings. The molecular formula is C20H28O6. The standard InChI is InChI=1S/C20H28O6/c1-6-9(2)17(22)24-13-8-14-20(5,26-14)16-15-11(10(3)18(23)25-15)7-12(21)19(13,16)4/h6,10-16,21H,7-8H2,1-5H3/b9-6-/t10-,11?,12+,13-,14+,15-,16+,19-,20+/m0/s1. The van der Waals surface area contributed by atoms with E-state index in [-0.39, 0.29) is 41.9 Å². The van der Waals surface area contributed by atoms with E-state index < -0.39 is 23.2 Å². The van der Waals surface area contributed by atoms with E-state index >= 15 is 0 Å². The molecule has 0 aromatic carbocycles. The fourth-order valence-electron chi connectivity index (χ4n) is 5.66. The van der Waals surface area contributed by atoms with Crippen LogP contribution in [-0.2, 0) is 23.8 Å². The third-order valence-electron chi connectivity index (χ3n) is 7.62. The number of rotatable bonds is 2. The van der Waals surface area contributed by atoms with E-state index in [2.05, 4.69) is 0 Å². The first-order valence-corrected chi connectivity index (χ1v) is 9.54. The maximum Gasteiger partial charge on any atom is 0.333 e. The van der Waals surface area contributed by atoms with Gasteiger partial charge in [-0.1, -0.05) is 19.9 Å². The predicted molar refractivity (Wildman–Crippen MR) is 92.0 cm³/mol. The molecule has 0 aromatic rings. The summed E-state index contributed by atoms with van der Waals surface area (Å²) in [5.41, 5.74) is -0.613. The molecule has 2 aliphatic heterocycles. The van der Waals surface area contributed by atoms with E-state index in [1.54, 1.807) is 19.9 Å². The van der Waals surface area contributed by atoms with Gasteiger partial charge in [0, 0.05) is 29.2 Å². The number of fused-ring (bicyclic) bond motifs is 5. The van der Waals surface area contributed by atoms with Gasteiger partial charge in [0.1, 0.15) is 12.2 Å². The lowest BCUT2D eigenvalue weighted by atomic mass is 9.51. The van der Waals surface area contributed by atoms with E-state index in [0.29, 0.717) is 18.4 Å². The molecule has 2 heterocycles. The first-order valence-electron chi connectivity index (χ1n) is 9.54. The Balaban J connectivity index is 1.71. The minimum atomic E-state index is -0.711. The first kappa shape index (κ1) is 18.0. The van der Waals surface area contributed by atoms with Crippen molar-refractivity contribution in [2.45, 2.75) is 77.5 Å². The van der Waals surface area contributed by atoms with Gasteiger partial charge in [0.2, 0.25) is 0 Å². The Morgan fingerprint density at radius 3 is 2.69 bits per heavy atom. The van der Waals surface area contributed by atoms with Gasteiger partial charge in [-0.15, -0.1) is 0 Å². The van der Waals surface area contributed by atoms with Crippen molar-refractivity contribution in [3.63, 3.8) is 0 Å². The Morgan fingerprint density at radius 2 is 2.04 bits per heavy atom. The molecule has 4 rings (SSSR count). The van der Waals surface area contributed by atoms with Crippen LogP contribution in [-0.4, -0.2) is 47.1 Å². The highest BCUT2D eigenvalue weighted by molar-refractivity contribution is 5.87. The van der Waals surface area contributed by atoms with Crippen LogP contribution in [0.15, 0.2) is 11.6 Å². The van der Waals surface area contributed by atoms with Crippen LogP contribution < -0.4 is 0 Å². The highest BCUT2D eigenvalue weighted by Gasteiger charge is 2.76. The molecule has 144 valence electrons. The average molecular weight is 364 g/mol. The fourth-order valence-corrected chi connectivity index (χ4v) is 5.66. The summed E-state index contributed by atoms with van der Waals surface area (Å²) in [5, 5.41) is 11.1. The number of carbonyl (C=O) groups excluding carboxylic acids is 2. The highest BCUT2D eigenvalue weighted by atomic mass is 16.6. The fraction of sp³-hybridized carbons (Fsp3) is 0.800. The monoisotopic (exact) mass is 364 g/mol. The van der Waals surface area contributed by atoms with Gasteiger partial charge in [-0.2, -0.15) is 0 Å². The van der Waals surface area contributed by atoms with Crippen molar-refractivity contribution in [2.24, 2.45) is 23.2 Å². The lowest BCUT2D eigenvalue weighted by Crippen LogP contribution is -2.65. The maximum atomic E-state index is 12.4. The minimum absolute atomic E-state index is 0.0241. The Labute approximate surface area is 153 Å². The average Bonchev–Trinajstić information content (AvgIpc) is 3.18. The minimum Gasteiger partial charge on any atom is -0.461 e. The summed E-state index contributed by atoms with van der Waals surface area (Å²) < 4.78 is 17.6. The van der Waals surface area contributed by atoms with Crippen LogP contribution >= 0.6 is 0 Å². The summed E-state index contributed by atoms with van der Waals surface area (Å²) in [6.45, 7) is 9.37. The molecule has 1 unspecified atom stereocenters. The number of hydrogen-bond donors (Lipinski definition) is 1. The number of hydrogen-bond acceptors (Lipinski definition) is 6. The first-order chi connectivity index (χ1) is 12.1. The molecule has 0 amide bonds. The Hall–Kier alpha value is -1.40. The zero-order valence-electron chi connectivity index (χ0n) is 16.0. The van der Waals surface area contributed by atoms with Crippen molar-refractivity contribution in [2.75, 3.05) is 0 Å². The molecule has 1 N–H and O–H groups in total. The summed E-state index contributed by atoms with van der Waals surface area (Å²) >= 11 is 0. The third-order valence-corrected chi connectivity index (χ3v) is 7.62. The van der Waals surface area contributed by atoms with E-state index in [1.807, 2.05) is 20.8 Å². The number of ether oxygens (including phenoxy) is 3. The maximum absolute atomic E-state index is 12.4. The molecule has 0 bridgehead atoms. The molecule has 2 aliphatic carbocycles. The van der Waals surface area contributed by atoms with Crippen molar-refractivity contribution in [1.82, 2.24) is 0 Å². The second-order valence-electron chi connectivity index (χ2n) is 8.84. The highest BCUT2D eigenvalue weighted by Crippen LogP contribution is 2.66. The van der Waals surface area contributed by atoms with Crippen molar-refractivity contribution in [1.29, 1.82) is 0 Å². The molecule has 2 saturated carbocycles. The Morgan fingerprint density at radius 1 is 1.35 bits per heavy atom. The van der Waals surface area contributed by atoms with Crippen LogP contribution in [0, 0.1) is 23.2 Å². The quantitative estimate of drug-likeness (QED) is 0.458. The van der Waals surface area contributed by atoms with E-state index in [9.17, 15) is 14.7 Å². The van der Waals surface area contributed by atoms with Gasteiger partial charge in [-0.3, -0.25) is 4.79 Å². The number of esters is 2. The lowest BCUT2D eigenvalue weighted by molar-refractivity contribution is -0.208. The van der Waals surface area contributed by atoms with Crippen LogP contribution in [0.1, 0.15) is 47.5 Å². The van der Waals surface area contributed by atoms with Crippen LogP contribution in [0.2, 0.25) is 0 Å². The van der Waals surface area contributed by atoms with E-state index in [4.69, 9.17) is 14.2 Å². The summed E-state index contributed by atoms with van der Waals surface area (Å²) in [5.74, 6) is -1.02. The Bertz CT molecular complexity index is 686. The molecule has 0 radical (unpaired) electrons. The molecule has 26 heavy (non-hydrogen) atoms. The smallest absolute Gasteiger partial charge is 0.333 e. The van der Waals surface area contributed by atoms with Gasteiger partial charge in [0.05, 0.1) is 23.7 Å². The van der Waals surface area contributed by atoms with Gasteiger partial charge in [-0.25, -0.2) is 4.79 Å². The molecular weight excluding hydrogens is 336 g/mol. The van der Waals surface area contributed by atoms with Crippen molar-refractivity contribution >= 4 is 11.9 Å². The van der Waals surface area contributed by atoms with Gasteiger partial charge in [0.25, 0.3) is 0 Å². The lowest BCUT2D eigenvalue weighted by Gasteiger charge is -2.55. The number of carbonyl (C=O) groups is 2. The number of allylic oxidation sites excluding steroid dienone is 1. The predicted octanol–water partition coefficient (Wildman–Crippen LogP) is 1.99. The second kappa shape index (κ2) is 5.55. The number of epoxide rings is 1. The van der Waals surface area contributed by atoms with Gasteiger partial charge >= 0.3 is 11.9 Å². The molecule has 6 nitrogen and oxygen atoms in total. The van der Waals surface area contributed by atoms with Crippen molar-refractivity contribution in [3.05, 3.63) is 11.6 Å². The summed E-state index contributed by atoms with van der Waals surface area (Å²) in [7, 11) is 0. The molecule has 6 heteroatoms. The van der Waals surface area contributed by atoms with Crippen molar-refractivity contribution in [3.8, 4) is 0 Å². The van der Waals surface area contributed by atoms with Crippen LogP contribution in [0.4, 0.5) is 0 Å².